The zero-order chi connectivity index (χ0) is 8.74. The molecule has 0 aromatic heterocycles. The molecule has 0 unspecified atom stereocenters. The molecule has 1 N–H and O–H groups in total. The zero-order valence-electron chi connectivity index (χ0n) is 8.24. The second kappa shape index (κ2) is 5.90. The molecule has 0 radical (unpaired) electrons. The molecule has 0 spiro atoms. The van der Waals surface area contributed by atoms with Crippen LogP contribution in [0.4, 0.5) is 0 Å². The van der Waals surface area contributed by atoms with Crippen molar-refractivity contribution in [3.63, 3.8) is 0 Å². The van der Waals surface area contributed by atoms with Crippen molar-refractivity contribution < 1.29 is 0 Å². The fourth-order valence-corrected chi connectivity index (χ4v) is 1.01. The van der Waals surface area contributed by atoms with E-state index < -0.39 is 0 Å². The SMILES string of the molecule is CCCCNCC(C)(C)SC. The van der Waals surface area contributed by atoms with Gasteiger partial charge < -0.3 is 5.32 Å². The third-order valence-corrected chi connectivity index (χ3v) is 3.06. The quantitative estimate of drug-likeness (QED) is 0.623. The summed E-state index contributed by atoms with van der Waals surface area (Å²) in [6, 6.07) is 0. The highest BCUT2D eigenvalue weighted by atomic mass is 32.2. The molecule has 11 heavy (non-hydrogen) atoms. The molecule has 1 nitrogen and oxygen atoms in total. The van der Waals surface area contributed by atoms with E-state index in [2.05, 4.69) is 32.3 Å². The largest absolute Gasteiger partial charge is 0.315 e. The maximum Gasteiger partial charge on any atom is 0.0225 e. The summed E-state index contributed by atoms with van der Waals surface area (Å²) < 4.78 is 0.397. The molecule has 0 aliphatic heterocycles. The molecule has 0 amide bonds. The Morgan fingerprint density at radius 1 is 1.36 bits per heavy atom. The van der Waals surface area contributed by atoms with E-state index in [0.717, 1.165) is 6.54 Å². The average Bonchev–Trinajstić information content (AvgIpc) is 1.99. The van der Waals surface area contributed by atoms with Crippen molar-refractivity contribution in [3.05, 3.63) is 0 Å². The van der Waals surface area contributed by atoms with Crippen LogP contribution < -0.4 is 5.32 Å². The Morgan fingerprint density at radius 3 is 2.45 bits per heavy atom. The van der Waals surface area contributed by atoms with Crippen LogP contribution >= 0.6 is 11.8 Å². The predicted octanol–water partition coefficient (Wildman–Crippen LogP) is 2.52. The fourth-order valence-electron chi connectivity index (χ4n) is 0.763. The van der Waals surface area contributed by atoms with Crippen LogP contribution in [0.5, 0.6) is 0 Å². The Bertz CT molecular complexity index is 91.6. The molecule has 0 bridgehead atoms. The standard InChI is InChI=1S/C9H21NS/c1-5-6-7-10-8-9(2,3)11-4/h10H,5-8H2,1-4H3. The Morgan fingerprint density at radius 2 is 2.00 bits per heavy atom. The maximum atomic E-state index is 3.46. The molecule has 0 aromatic rings. The Labute approximate surface area is 75.3 Å². The number of rotatable bonds is 6. The summed E-state index contributed by atoms with van der Waals surface area (Å²) in [5.41, 5.74) is 0. The van der Waals surface area contributed by atoms with Gasteiger partial charge in [-0.05, 0) is 33.1 Å². The lowest BCUT2D eigenvalue weighted by Gasteiger charge is -2.22. The first-order valence-corrected chi connectivity index (χ1v) is 5.60. The van der Waals surface area contributed by atoms with E-state index >= 15 is 0 Å². The van der Waals surface area contributed by atoms with E-state index in [1.165, 1.54) is 19.4 Å². The second-order valence-corrected chi connectivity index (χ2v) is 5.01. The first kappa shape index (κ1) is 11.3. The van der Waals surface area contributed by atoms with Crippen molar-refractivity contribution >= 4 is 11.8 Å². The highest BCUT2D eigenvalue weighted by molar-refractivity contribution is 7.99. The van der Waals surface area contributed by atoms with Crippen LogP contribution in [0.25, 0.3) is 0 Å². The number of nitrogens with one attached hydrogen (secondary N) is 1. The number of hydrogen-bond acceptors (Lipinski definition) is 2. The highest BCUT2D eigenvalue weighted by Crippen LogP contribution is 2.19. The van der Waals surface area contributed by atoms with E-state index in [9.17, 15) is 0 Å². The molecule has 0 saturated carbocycles. The molecule has 0 atom stereocenters. The van der Waals surface area contributed by atoms with Gasteiger partial charge in [-0.15, -0.1) is 0 Å². The summed E-state index contributed by atoms with van der Waals surface area (Å²) in [6.45, 7) is 9.06. The molecule has 0 aliphatic carbocycles. The lowest BCUT2D eigenvalue weighted by Crippen LogP contribution is -2.32. The van der Waals surface area contributed by atoms with Gasteiger partial charge in [-0.2, -0.15) is 11.8 Å². The van der Waals surface area contributed by atoms with E-state index in [4.69, 9.17) is 0 Å². The minimum absolute atomic E-state index is 0.397. The van der Waals surface area contributed by atoms with Gasteiger partial charge in [-0.3, -0.25) is 0 Å². The Hall–Kier alpha value is 0.310. The average molecular weight is 175 g/mol. The minimum Gasteiger partial charge on any atom is -0.315 e. The topological polar surface area (TPSA) is 12.0 Å². The Kier molecular flexibility index (Phi) is 6.06. The van der Waals surface area contributed by atoms with Crippen LogP contribution in [0.1, 0.15) is 33.6 Å². The summed E-state index contributed by atoms with van der Waals surface area (Å²) in [5.74, 6) is 0. The molecule has 2 heteroatoms. The second-order valence-electron chi connectivity index (χ2n) is 3.49. The third kappa shape index (κ3) is 6.70. The molecular formula is C9H21NS. The van der Waals surface area contributed by atoms with Crippen LogP contribution in [0.15, 0.2) is 0 Å². The first-order valence-electron chi connectivity index (χ1n) is 4.38. The molecule has 68 valence electrons. The van der Waals surface area contributed by atoms with Gasteiger partial charge in [0.2, 0.25) is 0 Å². The summed E-state index contributed by atoms with van der Waals surface area (Å²) in [7, 11) is 0. The van der Waals surface area contributed by atoms with Crippen LogP contribution in [-0.2, 0) is 0 Å². The van der Waals surface area contributed by atoms with Crippen LogP contribution in [0.3, 0.4) is 0 Å². The van der Waals surface area contributed by atoms with Crippen molar-refractivity contribution in [1.29, 1.82) is 0 Å². The van der Waals surface area contributed by atoms with Crippen molar-refractivity contribution in [2.24, 2.45) is 0 Å². The fraction of sp³-hybridized carbons (Fsp3) is 1.00. The normalized spacial score (nSPS) is 12.0. The maximum absolute atomic E-state index is 3.46. The van der Waals surface area contributed by atoms with Crippen LogP contribution in [-0.4, -0.2) is 24.1 Å². The van der Waals surface area contributed by atoms with Crippen molar-refractivity contribution in [1.82, 2.24) is 5.32 Å². The predicted molar refractivity (Wildman–Crippen MR) is 55.4 cm³/mol. The van der Waals surface area contributed by atoms with Crippen LogP contribution in [0.2, 0.25) is 0 Å². The van der Waals surface area contributed by atoms with Crippen molar-refractivity contribution in [2.45, 2.75) is 38.4 Å². The van der Waals surface area contributed by atoms with Crippen molar-refractivity contribution in [3.8, 4) is 0 Å². The molecule has 0 saturated heterocycles. The summed E-state index contributed by atoms with van der Waals surface area (Å²) in [4.78, 5) is 0. The summed E-state index contributed by atoms with van der Waals surface area (Å²) >= 11 is 1.92. The molecular weight excluding hydrogens is 154 g/mol. The lowest BCUT2D eigenvalue weighted by molar-refractivity contribution is 0.573. The molecule has 0 heterocycles. The van der Waals surface area contributed by atoms with Gasteiger partial charge >= 0.3 is 0 Å². The molecule has 0 aliphatic rings. The van der Waals surface area contributed by atoms with Gasteiger partial charge in [0, 0.05) is 11.3 Å². The highest BCUT2D eigenvalue weighted by Gasteiger charge is 2.13. The van der Waals surface area contributed by atoms with E-state index in [0.29, 0.717) is 4.75 Å². The van der Waals surface area contributed by atoms with Gasteiger partial charge in [-0.25, -0.2) is 0 Å². The minimum atomic E-state index is 0.397. The Balaban J connectivity index is 3.23. The summed E-state index contributed by atoms with van der Waals surface area (Å²) in [6.07, 6.45) is 4.75. The third-order valence-electron chi connectivity index (χ3n) is 1.81. The van der Waals surface area contributed by atoms with Gasteiger partial charge in [0.05, 0.1) is 0 Å². The molecule has 0 fully saturated rings. The van der Waals surface area contributed by atoms with Gasteiger partial charge in [-0.1, -0.05) is 13.3 Å². The van der Waals surface area contributed by atoms with Crippen LogP contribution in [0, 0.1) is 0 Å². The van der Waals surface area contributed by atoms with Gasteiger partial charge in [0.1, 0.15) is 0 Å². The van der Waals surface area contributed by atoms with E-state index in [1.54, 1.807) is 0 Å². The number of thioether (sulfide) groups is 1. The van der Waals surface area contributed by atoms with E-state index in [1.807, 2.05) is 11.8 Å². The smallest absolute Gasteiger partial charge is 0.0225 e. The van der Waals surface area contributed by atoms with Crippen molar-refractivity contribution in [2.75, 3.05) is 19.3 Å². The van der Waals surface area contributed by atoms with Gasteiger partial charge in [0.25, 0.3) is 0 Å². The number of hydrogen-bond donors (Lipinski definition) is 1. The zero-order valence-corrected chi connectivity index (χ0v) is 9.05. The molecule has 0 aromatic carbocycles. The van der Waals surface area contributed by atoms with Gasteiger partial charge in [0.15, 0.2) is 0 Å². The lowest BCUT2D eigenvalue weighted by atomic mass is 10.2. The number of unbranched alkanes of at least 4 members (excludes halogenated alkanes) is 1. The van der Waals surface area contributed by atoms with E-state index in [-0.39, 0.29) is 0 Å². The summed E-state index contributed by atoms with van der Waals surface area (Å²) in [5, 5.41) is 3.46. The molecule has 0 rings (SSSR count). The monoisotopic (exact) mass is 175 g/mol. The first-order chi connectivity index (χ1) is 5.12.